The third-order valence-corrected chi connectivity index (χ3v) is 4.81. The molecule has 0 spiro atoms. The van der Waals surface area contributed by atoms with Gasteiger partial charge in [-0.1, -0.05) is 12.1 Å². The Bertz CT molecular complexity index is 905. The van der Waals surface area contributed by atoms with E-state index >= 15 is 0 Å². The minimum absolute atomic E-state index is 0.0204. The van der Waals surface area contributed by atoms with Crippen LogP contribution in [-0.2, 0) is 4.79 Å². The molecule has 0 unspecified atom stereocenters. The zero-order chi connectivity index (χ0) is 18.4. The van der Waals surface area contributed by atoms with Gasteiger partial charge in [0.25, 0.3) is 0 Å². The van der Waals surface area contributed by atoms with Crippen LogP contribution < -0.4 is 10.1 Å². The molecule has 0 aliphatic carbocycles. The predicted molar refractivity (Wildman–Crippen MR) is 90.3 cm³/mol. The molecular formula is C19H17NO6. The second-order valence-corrected chi connectivity index (χ2v) is 6.52. The number of carbonyl (C=O) groups excluding carboxylic acids is 2. The summed E-state index contributed by atoms with van der Waals surface area (Å²) in [5.74, 6) is -0.847. The van der Waals surface area contributed by atoms with Crippen molar-refractivity contribution in [3.8, 4) is 23.0 Å². The Morgan fingerprint density at radius 1 is 1.08 bits per heavy atom. The Balaban J connectivity index is 1.72. The average Bonchev–Trinajstić information content (AvgIpc) is 3.00. The quantitative estimate of drug-likeness (QED) is 0.658. The van der Waals surface area contributed by atoms with Gasteiger partial charge in [-0.2, -0.15) is 0 Å². The number of Topliss-reactive ketones (excluding diaryl/α,β-unsaturated/α-hetero) is 1. The van der Waals surface area contributed by atoms with E-state index in [9.17, 15) is 24.9 Å². The lowest BCUT2D eigenvalue weighted by Gasteiger charge is -2.28. The summed E-state index contributed by atoms with van der Waals surface area (Å²) in [6.07, 6.45) is 0.177. The highest BCUT2D eigenvalue weighted by Crippen LogP contribution is 2.47. The van der Waals surface area contributed by atoms with Crippen molar-refractivity contribution in [3.63, 3.8) is 0 Å². The van der Waals surface area contributed by atoms with Crippen LogP contribution >= 0.6 is 0 Å². The van der Waals surface area contributed by atoms with Crippen molar-refractivity contribution in [2.75, 3.05) is 0 Å². The molecule has 0 aromatic heterocycles. The third kappa shape index (κ3) is 2.61. The van der Waals surface area contributed by atoms with E-state index < -0.39 is 12.1 Å². The molecule has 1 saturated heterocycles. The highest BCUT2D eigenvalue weighted by molar-refractivity contribution is 6.03. The van der Waals surface area contributed by atoms with Crippen LogP contribution in [0.5, 0.6) is 23.0 Å². The van der Waals surface area contributed by atoms with Crippen molar-refractivity contribution in [3.05, 3.63) is 47.0 Å². The monoisotopic (exact) mass is 355 g/mol. The summed E-state index contributed by atoms with van der Waals surface area (Å²) in [5, 5.41) is 33.0. The SMILES string of the molecule is O=C1CC[C@@H](c2c(O)cc3c(c2O)C(=O)C[C@@H](c2ccc(O)cc2)O3)N1. The minimum atomic E-state index is -0.577. The van der Waals surface area contributed by atoms with Gasteiger partial charge in [0.1, 0.15) is 34.7 Å². The van der Waals surface area contributed by atoms with E-state index in [0.717, 1.165) is 0 Å². The Kier molecular flexibility index (Phi) is 3.72. The van der Waals surface area contributed by atoms with Crippen LogP contribution in [0.4, 0.5) is 0 Å². The Morgan fingerprint density at radius 3 is 2.46 bits per heavy atom. The Labute approximate surface area is 148 Å². The second-order valence-electron chi connectivity index (χ2n) is 6.52. The summed E-state index contributed by atoms with van der Waals surface area (Å²) in [7, 11) is 0. The van der Waals surface area contributed by atoms with E-state index in [2.05, 4.69) is 5.32 Å². The van der Waals surface area contributed by atoms with Crippen molar-refractivity contribution in [1.82, 2.24) is 5.32 Å². The van der Waals surface area contributed by atoms with Crippen molar-refractivity contribution in [1.29, 1.82) is 0 Å². The second kappa shape index (κ2) is 5.94. The number of ether oxygens (including phenoxy) is 1. The van der Waals surface area contributed by atoms with Gasteiger partial charge in [0, 0.05) is 12.5 Å². The predicted octanol–water partition coefficient (Wildman–Crippen LogP) is 2.46. The molecule has 0 radical (unpaired) electrons. The van der Waals surface area contributed by atoms with E-state index in [1.165, 1.54) is 18.2 Å². The molecule has 0 saturated carbocycles. The van der Waals surface area contributed by atoms with Crippen LogP contribution in [0.15, 0.2) is 30.3 Å². The number of hydrogen-bond acceptors (Lipinski definition) is 6. The largest absolute Gasteiger partial charge is 0.508 e. The Morgan fingerprint density at radius 2 is 1.81 bits per heavy atom. The lowest BCUT2D eigenvalue weighted by atomic mass is 9.91. The van der Waals surface area contributed by atoms with E-state index in [4.69, 9.17) is 4.74 Å². The number of aromatic hydroxyl groups is 3. The molecule has 2 atom stereocenters. The van der Waals surface area contributed by atoms with Crippen LogP contribution in [0.3, 0.4) is 0 Å². The molecule has 1 fully saturated rings. The highest BCUT2D eigenvalue weighted by atomic mass is 16.5. The number of nitrogens with one attached hydrogen (secondary N) is 1. The van der Waals surface area contributed by atoms with Crippen molar-refractivity contribution in [2.24, 2.45) is 0 Å². The van der Waals surface area contributed by atoms with Crippen molar-refractivity contribution < 1.29 is 29.6 Å². The number of amides is 1. The molecule has 4 rings (SSSR count). The molecule has 4 N–H and O–H groups in total. The van der Waals surface area contributed by atoms with Gasteiger partial charge in [0.05, 0.1) is 18.0 Å². The smallest absolute Gasteiger partial charge is 0.220 e. The first-order valence-electron chi connectivity index (χ1n) is 8.31. The molecule has 7 heteroatoms. The van der Waals surface area contributed by atoms with Crippen LogP contribution in [-0.4, -0.2) is 27.0 Å². The number of fused-ring (bicyclic) bond motifs is 1. The van der Waals surface area contributed by atoms with Crippen LogP contribution in [0.25, 0.3) is 0 Å². The van der Waals surface area contributed by atoms with Gasteiger partial charge in [0.15, 0.2) is 5.78 Å². The summed E-state index contributed by atoms with van der Waals surface area (Å²) in [6, 6.07) is 7.08. The van der Waals surface area contributed by atoms with Gasteiger partial charge >= 0.3 is 0 Å². The highest BCUT2D eigenvalue weighted by Gasteiger charge is 2.36. The number of phenols is 3. The van der Waals surface area contributed by atoms with Gasteiger partial charge < -0.3 is 25.4 Å². The topological polar surface area (TPSA) is 116 Å². The summed E-state index contributed by atoms with van der Waals surface area (Å²) in [6.45, 7) is 0. The maximum Gasteiger partial charge on any atom is 0.220 e. The first kappa shape index (κ1) is 16.3. The molecule has 2 aromatic carbocycles. The minimum Gasteiger partial charge on any atom is -0.508 e. The lowest BCUT2D eigenvalue weighted by molar-refractivity contribution is -0.119. The number of phenolic OH excluding ortho intramolecular Hbond substituents is 3. The van der Waals surface area contributed by atoms with E-state index in [0.29, 0.717) is 18.4 Å². The molecule has 2 aliphatic heterocycles. The van der Waals surface area contributed by atoms with Gasteiger partial charge in [-0.3, -0.25) is 9.59 Å². The van der Waals surface area contributed by atoms with Gasteiger partial charge in [0.2, 0.25) is 5.91 Å². The molecule has 1 amide bonds. The van der Waals surface area contributed by atoms with E-state index in [1.807, 2.05) is 0 Å². The van der Waals surface area contributed by atoms with Crippen molar-refractivity contribution >= 4 is 11.7 Å². The molecule has 7 nitrogen and oxygen atoms in total. The Hall–Kier alpha value is -3.22. The lowest BCUT2D eigenvalue weighted by Crippen LogP contribution is -2.22. The van der Waals surface area contributed by atoms with E-state index in [1.54, 1.807) is 12.1 Å². The standard InChI is InChI=1S/C19H17NO6/c21-10-3-1-9(2-4-10)14-7-13(23)18-15(26-14)8-12(22)17(19(18)25)11-5-6-16(24)20-11/h1-4,8,11,14,21-22,25H,5-7H2,(H,20,24)/t11-,14-/m0/s1. The fourth-order valence-corrected chi connectivity index (χ4v) is 3.52. The van der Waals surface area contributed by atoms with Gasteiger partial charge in [-0.25, -0.2) is 0 Å². The third-order valence-electron chi connectivity index (χ3n) is 4.81. The number of hydrogen-bond donors (Lipinski definition) is 4. The normalized spacial score (nSPS) is 21.8. The van der Waals surface area contributed by atoms with Crippen LogP contribution in [0, 0.1) is 0 Å². The number of carbonyl (C=O) groups is 2. The molecule has 2 heterocycles. The zero-order valence-corrected chi connectivity index (χ0v) is 13.7. The zero-order valence-electron chi connectivity index (χ0n) is 13.7. The molecule has 0 bridgehead atoms. The maximum atomic E-state index is 12.6. The molecule has 2 aliphatic rings. The van der Waals surface area contributed by atoms with Crippen molar-refractivity contribution in [2.45, 2.75) is 31.4 Å². The summed E-state index contributed by atoms with van der Waals surface area (Å²) in [4.78, 5) is 24.1. The first-order chi connectivity index (χ1) is 12.4. The molecule has 26 heavy (non-hydrogen) atoms. The number of benzene rings is 2. The van der Waals surface area contributed by atoms with Gasteiger partial charge in [-0.15, -0.1) is 0 Å². The molecular weight excluding hydrogens is 338 g/mol. The summed E-state index contributed by atoms with van der Waals surface area (Å²) >= 11 is 0. The molecule has 134 valence electrons. The fraction of sp³-hybridized carbons (Fsp3) is 0.263. The van der Waals surface area contributed by atoms with Gasteiger partial charge in [-0.05, 0) is 24.1 Å². The number of ketones is 1. The maximum absolute atomic E-state index is 12.6. The van der Waals surface area contributed by atoms with Crippen LogP contribution in [0.2, 0.25) is 0 Å². The van der Waals surface area contributed by atoms with E-state index in [-0.39, 0.29) is 52.2 Å². The summed E-state index contributed by atoms with van der Waals surface area (Å²) in [5.41, 5.74) is 0.872. The molecule has 2 aromatic rings. The number of rotatable bonds is 2. The summed E-state index contributed by atoms with van der Waals surface area (Å²) < 4.78 is 5.82. The first-order valence-corrected chi connectivity index (χ1v) is 8.31. The fourth-order valence-electron chi connectivity index (χ4n) is 3.52. The van der Waals surface area contributed by atoms with Crippen LogP contribution in [0.1, 0.15) is 52.9 Å². The average molecular weight is 355 g/mol.